The second-order valence-corrected chi connectivity index (χ2v) is 7.30. The summed E-state index contributed by atoms with van der Waals surface area (Å²) in [5.74, 6) is 0. The van der Waals surface area contributed by atoms with Crippen molar-refractivity contribution in [3.05, 3.63) is 54.4 Å². The van der Waals surface area contributed by atoms with Crippen molar-refractivity contribution in [2.24, 2.45) is 0 Å². The van der Waals surface area contributed by atoms with E-state index in [-0.39, 0.29) is 24.1 Å². The third-order valence-electron chi connectivity index (χ3n) is 5.33. The molecule has 2 aliphatic heterocycles. The van der Waals surface area contributed by atoms with E-state index in [1.165, 1.54) is 4.90 Å². The van der Waals surface area contributed by atoms with E-state index in [0.717, 1.165) is 16.7 Å². The van der Waals surface area contributed by atoms with Crippen LogP contribution >= 0.6 is 0 Å². The maximum Gasteiger partial charge on any atom is 0.328 e. The molecule has 4 amide bonds. The van der Waals surface area contributed by atoms with Crippen LogP contribution in [0.4, 0.5) is 9.59 Å². The Kier molecular flexibility index (Phi) is 5.73. The maximum absolute atomic E-state index is 12.5. The summed E-state index contributed by atoms with van der Waals surface area (Å²) in [6, 6.07) is 11.0. The molecule has 2 saturated heterocycles. The van der Waals surface area contributed by atoms with Crippen molar-refractivity contribution in [3.8, 4) is 11.1 Å². The Morgan fingerprint density at radius 1 is 1.10 bits per heavy atom. The molecular weight excluding hydrogens is 370 g/mol. The smallest absolute Gasteiger partial charge is 0.328 e. The number of amides is 4. The van der Waals surface area contributed by atoms with Gasteiger partial charge in [0.1, 0.15) is 0 Å². The molecule has 8 heteroatoms. The predicted molar refractivity (Wildman–Crippen MR) is 108 cm³/mol. The molecule has 29 heavy (non-hydrogen) atoms. The summed E-state index contributed by atoms with van der Waals surface area (Å²) < 4.78 is 5.32. The van der Waals surface area contributed by atoms with Gasteiger partial charge in [-0.05, 0) is 48.6 Å². The van der Waals surface area contributed by atoms with Crippen molar-refractivity contribution in [1.29, 1.82) is 0 Å². The van der Waals surface area contributed by atoms with Crippen LogP contribution in [0, 0.1) is 0 Å². The normalized spacial score (nSPS) is 19.6. The van der Waals surface area contributed by atoms with Gasteiger partial charge in [0.25, 0.3) is 0 Å². The number of rotatable bonds is 5. The minimum Gasteiger partial charge on any atom is -0.381 e. The fourth-order valence-corrected chi connectivity index (χ4v) is 3.74. The first-order valence-electron chi connectivity index (χ1n) is 9.86. The van der Waals surface area contributed by atoms with E-state index in [1.807, 2.05) is 43.5 Å². The molecule has 0 spiro atoms. The van der Waals surface area contributed by atoms with Crippen LogP contribution in [0.5, 0.6) is 0 Å². The first kappa shape index (κ1) is 19.4. The third-order valence-corrected chi connectivity index (χ3v) is 5.33. The monoisotopic (exact) mass is 395 g/mol. The van der Waals surface area contributed by atoms with E-state index in [9.17, 15) is 9.59 Å². The van der Waals surface area contributed by atoms with Crippen LogP contribution in [0.3, 0.4) is 0 Å². The zero-order valence-corrected chi connectivity index (χ0v) is 16.3. The zero-order chi connectivity index (χ0) is 20.2. The minimum atomic E-state index is -0.636. The van der Waals surface area contributed by atoms with E-state index in [4.69, 9.17) is 4.74 Å². The Balaban J connectivity index is 1.41. The average molecular weight is 395 g/mol. The fraction of sp³-hybridized carbons (Fsp3) is 0.381. The van der Waals surface area contributed by atoms with Crippen LogP contribution in [0.1, 0.15) is 31.4 Å². The lowest BCUT2D eigenvalue weighted by molar-refractivity contribution is 0.0492. The van der Waals surface area contributed by atoms with Gasteiger partial charge in [-0.2, -0.15) is 0 Å². The standard InChI is InChI=1S/C21H25N5O3/c1-14(15-4-2-5-16(12-15)17-6-3-9-22-13-17)23-19-24-20(27)26(21(28)25-19)18-7-10-29-11-8-18/h2-6,9,12-14,18-19,23H,7-8,10-11H2,1H3,(H,24,27)(H,25,28)/t14-/m0/s1. The van der Waals surface area contributed by atoms with Gasteiger partial charge in [0.05, 0.1) is 0 Å². The number of imide groups is 1. The number of hydrogen-bond acceptors (Lipinski definition) is 5. The lowest BCUT2D eigenvalue weighted by Crippen LogP contribution is -2.70. The van der Waals surface area contributed by atoms with Gasteiger partial charge >= 0.3 is 12.1 Å². The minimum absolute atomic E-state index is 0.0909. The molecule has 0 radical (unpaired) electrons. The molecule has 2 aliphatic rings. The molecule has 4 rings (SSSR count). The average Bonchev–Trinajstić information content (AvgIpc) is 2.75. The van der Waals surface area contributed by atoms with Crippen molar-refractivity contribution in [3.63, 3.8) is 0 Å². The third kappa shape index (κ3) is 4.38. The van der Waals surface area contributed by atoms with Crippen LogP contribution in [0.15, 0.2) is 48.8 Å². The van der Waals surface area contributed by atoms with Crippen LogP contribution in [0.25, 0.3) is 11.1 Å². The highest BCUT2D eigenvalue weighted by Crippen LogP contribution is 2.23. The molecule has 2 aromatic rings. The maximum atomic E-state index is 12.5. The molecular formula is C21H25N5O3. The van der Waals surface area contributed by atoms with Gasteiger partial charge in [0.2, 0.25) is 0 Å². The number of pyridine rings is 1. The first-order chi connectivity index (χ1) is 14.1. The number of hydrogen-bond donors (Lipinski definition) is 3. The zero-order valence-electron chi connectivity index (χ0n) is 16.3. The molecule has 0 bridgehead atoms. The van der Waals surface area contributed by atoms with E-state index in [1.54, 1.807) is 6.20 Å². The summed E-state index contributed by atoms with van der Waals surface area (Å²) in [4.78, 5) is 30.5. The first-order valence-corrected chi connectivity index (χ1v) is 9.86. The Hall–Kier alpha value is -2.97. The van der Waals surface area contributed by atoms with Crippen molar-refractivity contribution in [1.82, 2.24) is 25.8 Å². The van der Waals surface area contributed by atoms with E-state index >= 15 is 0 Å². The summed E-state index contributed by atoms with van der Waals surface area (Å²) >= 11 is 0. The second-order valence-electron chi connectivity index (χ2n) is 7.30. The molecule has 152 valence electrons. The molecule has 0 aliphatic carbocycles. The molecule has 0 saturated carbocycles. The Morgan fingerprint density at radius 2 is 1.83 bits per heavy atom. The molecule has 1 aromatic heterocycles. The topological polar surface area (TPSA) is 95.6 Å². The molecule has 1 atom stereocenters. The molecule has 0 unspecified atom stereocenters. The molecule has 2 fully saturated rings. The summed E-state index contributed by atoms with van der Waals surface area (Å²) in [7, 11) is 0. The number of ether oxygens (including phenoxy) is 1. The molecule has 8 nitrogen and oxygen atoms in total. The number of carbonyl (C=O) groups is 2. The molecule has 3 N–H and O–H groups in total. The highest BCUT2D eigenvalue weighted by Gasteiger charge is 2.37. The van der Waals surface area contributed by atoms with Crippen molar-refractivity contribution in [2.45, 2.75) is 38.1 Å². The largest absolute Gasteiger partial charge is 0.381 e. The number of urea groups is 2. The van der Waals surface area contributed by atoms with Crippen molar-refractivity contribution in [2.75, 3.05) is 13.2 Å². The van der Waals surface area contributed by atoms with Gasteiger partial charge in [-0.25, -0.2) is 14.5 Å². The molecule has 1 aromatic carbocycles. The van der Waals surface area contributed by atoms with Crippen LogP contribution in [0.2, 0.25) is 0 Å². The summed E-state index contributed by atoms with van der Waals surface area (Å²) in [6.45, 7) is 3.12. The SMILES string of the molecule is C[C@H](NC1NC(=O)N(C2CCOCC2)C(=O)N1)c1cccc(-c2cccnc2)c1. The number of nitrogens with one attached hydrogen (secondary N) is 3. The van der Waals surface area contributed by atoms with E-state index in [0.29, 0.717) is 26.1 Å². The van der Waals surface area contributed by atoms with Gasteiger partial charge in [0, 0.05) is 37.7 Å². The number of aromatic nitrogens is 1. The van der Waals surface area contributed by atoms with Gasteiger partial charge in [-0.1, -0.05) is 24.3 Å². The number of benzene rings is 1. The van der Waals surface area contributed by atoms with E-state index in [2.05, 4.69) is 27.0 Å². The Bertz CT molecular complexity index is 852. The number of nitrogens with zero attached hydrogens (tertiary/aromatic N) is 2. The lowest BCUT2D eigenvalue weighted by atomic mass is 10.0. The van der Waals surface area contributed by atoms with Crippen molar-refractivity contribution < 1.29 is 14.3 Å². The Morgan fingerprint density at radius 3 is 2.52 bits per heavy atom. The summed E-state index contributed by atoms with van der Waals surface area (Å²) in [5, 5.41) is 8.94. The summed E-state index contributed by atoms with van der Waals surface area (Å²) in [6.07, 6.45) is 4.26. The predicted octanol–water partition coefficient (Wildman–Crippen LogP) is 2.60. The van der Waals surface area contributed by atoms with E-state index < -0.39 is 6.29 Å². The quantitative estimate of drug-likeness (QED) is 0.723. The molecule has 3 heterocycles. The van der Waals surface area contributed by atoms with Crippen LogP contribution < -0.4 is 16.0 Å². The van der Waals surface area contributed by atoms with Crippen molar-refractivity contribution >= 4 is 12.1 Å². The van der Waals surface area contributed by atoms with Gasteiger partial charge in [-0.3, -0.25) is 10.3 Å². The highest BCUT2D eigenvalue weighted by atomic mass is 16.5. The Labute approximate surface area is 169 Å². The lowest BCUT2D eigenvalue weighted by Gasteiger charge is -2.39. The highest BCUT2D eigenvalue weighted by molar-refractivity contribution is 5.96. The van der Waals surface area contributed by atoms with Gasteiger partial charge < -0.3 is 15.4 Å². The fourth-order valence-electron chi connectivity index (χ4n) is 3.74. The van der Waals surface area contributed by atoms with Gasteiger partial charge in [-0.15, -0.1) is 0 Å². The van der Waals surface area contributed by atoms with Crippen LogP contribution in [-0.2, 0) is 4.74 Å². The second kappa shape index (κ2) is 8.59. The van der Waals surface area contributed by atoms with Gasteiger partial charge in [0.15, 0.2) is 6.29 Å². The number of carbonyl (C=O) groups excluding carboxylic acids is 2. The van der Waals surface area contributed by atoms with Crippen LogP contribution in [-0.4, -0.2) is 47.5 Å². The summed E-state index contributed by atoms with van der Waals surface area (Å²) in [5.41, 5.74) is 3.14.